The summed E-state index contributed by atoms with van der Waals surface area (Å²) in [5, 5.41) is 12.5. The maximum atomic E-state index is 13.0. The Kier molecular flexibility index (Phi) is 3.81. The molecule has 0 fully saturated rings. The van der Waals surface area contributed by atoms with E-state index >= 15 is 0 Å². The van der Waals surface area contributed by atoms with Crippen LogP contribution in [0.15, 0.2) is 42.6 Å². The minimum atomic E-state index is -4.67. The van der Waals surface area contributed by atoms with Gasteiger partial charge in [-0.05, 0) is 23.3 Å². The van der Waals surface area contributed by atoms with Crippen molar-refractivity contribution in [3.8, 4) is 0 Å². The van der Waals surface area contributed by atoms with E-state index in [4.69, 9.17) is 0 Å². The van der Waals surface area contributed by atoms with E-state index < -0.39 is 35.5 Å². The maximum Gasteiger partial charge on any atom is 0.418 e. The number of hydrogen-bond donors (Lipinski definition) is 2. The molecule has 0 saturated heterocycles. The number of aliphatic hydroxyl groups excluding tert-OH is 1. The molecule has 23 heavy (non-hydrogen) atoms. The summed E-state index contributed by atoms with van der Waals surface area (Å²) in [4.78, 5) is 15.8. The standard InChI is InChI=1S/C16H13F3N2O2/c17-16(18,19)11-6-3-7-20-14(11)15(23)21-13-10-5-2-1-4-9(10)8-12(13)22/h1-7,12-13,22H,8H2,(H,21,23)/t12-,13+/m0/s1. The zero-order valence-electron chi connectivity index (χ0n) is 11.8. The number of aromatic nitrogens is 1. The summed E-state index contributed by atoms with van der Waals surface area (Å²) in [6, 6.07) is 8.28. The van der Waals surface area contributed by atoms with Crippen molar-refractivity contribution in [2.75, 3.05) is 0 Å². The van der Waals surface area contributed by atoms with Crippen molar-refractivity contribution in [3.05, 3.63) is 65.0 Å². The third-order valence-electron chi connectivity index (χ3n) is 3.82. The Morgan fingerprint density at radius 2 is 1.96 bits per heavy atom. The fourth-order valence-corrected chi connectivity index (χ4v) is 2.77. The number of benzene rings is 1. The number of carbonyl (C=O) groups is 1. The smallest absolute Gasteiger partial charge is 0.390 e. The normalized spacial score (nSPS) is 20.2. The molecule has 1 aromatic heterocycles. The number of fused-ring (bicyclic) bond motifs is 1. The number of alkyl halides is 3. The number of nitrogens with one attached hydrogen (secondary N) is 1. The molecule has 1 aliphatic carbocycles. The molecule has 4 nitrogen and oxygen atoms in total. The first-order chi connectivity index (χ1) is 10.9. The van der Waals surface area contributed by atoms with Crippen LogP contribution in [0.5, 0.6) is 0 Å². The lowest BCUT2D eigenvalue weighted by Crippen LogP contribution is -2.35. The summed E-state index contributed by atoms with van der Waals surface area (Å²) in [5.41, 5.74) is -0.227. The predicted octanol–water partition coefficient (Wildman–Crippen LogP) is 2.49. The van der Waals surface area contributed by atoms with Gasteiger partial charge in [-0.2, -0.15) is 13.2 Å². The van der Waals surface area contributed by atoms with E-state index in [9.17, 15) is 23.1 Å². The minimum absolute atomic E-state index is 0.343. The topological polar surface area (TPSA) is 62.2 Å². The van der Waals surface area contributed by atoms with Crippen molar-refractivity contribution in [2.24, 2.45) is 0 Å². The van der Waals surface area contributed by atoms with Gasteiger partial charge in [0.25, 0.3) is 5.91 Å². The summed E-state index contributed by atoms with van der Waals surface area (Å²) >= 11 is 0. The van der Waals surface area contributed by atoms with Crippen LogP contribution in [0.1, 0.15) is 33.2 Å². The zero-order chi connectivity index (χ0) is 16.6. The van der Waals surface area contributed by atoms with E-state index in [0.29, 0.717) is 12.0 Å². The van der Waals surface area contributed by atoms with Gasteiger partial charge in [0, 0.05) is 12.6 Å². The minimum Gasteiger partial charge on any atom is -0.390 e. The number of aliphatic hydroxyl groups is 1. The summed E-state index contributed by atoms with van der Waals surface area (Å²) in [6.07, 6.45) is -4.08. The molecular formula is C16H13F3N2O2. The number of halogens is 3. The Labute approximate surface area is 130 Å². The van der Waals surface area contributed by atoms with E-state index in [-0.39, 0.29) is 0 Å². The van der Waals surface area contributed by atoms with E-state index in [1.807, 2.05) is 6.07 Å². The molecular weight excluding hydrogens is 309 g/mol. The highest BCUT2D eigenvalue weighted by Crippen LogP contribution is 2.33. The van der Waals surface area contributed by atoms with Crippen molar-refractivity contribution in [1.82, 2.24) is 10.3 Å². The third kappa shape index (κ3) is 2.92. The van der Waals surface area contributed by atoms with E-state index in [1.54, 1.807) is 18.2 Å². The molecule has 2 aromatic rings. The van der Waals surface area contributed by atoms with Gasteiger partial charge in [0.05, 0.1) is 17.7 Å². The van der Waals surface area contributed by atoms with Gasteiger partial charge in [-0.3, -0.25) is 9.78 Å². The Morgan fingerprint density at radius 1 is 1.22 bits per heavy atom. The number of pyridine rings is 1. The molecule has 120 valence electrons. The quantitative estimate of drug-likeness (QED) is 0.893. The van der Waals surface area contributed by atoms with Crippen LogP contribution in [-0.4, -0.2) is 22.1 Å². The van der Waals surface area contributed by atoms with Crippen LogP contribution in [0, 0.1) is 0 Å². The largest absolute Gasteiger partial charge is 0.418 e. The number of rotatable bonds is 2. The Bertz CT molecular complexity index is 746. The molecule has 3 rings (SSSR count). The molecule has 2 N–H and O–H groups in total. The van der Waals surface area contributed by atoms with Gasteiger partial charge < -0.3 is 10.4 Å². The molecule has 0 bridgehead atoms. The van der Waals surface area contributed by atoms with Gasteiger partial charge in [0.2, 0.25) is 0 Å². The van der Waals surface area contributed by atoms with E-state index in [0.717, 1.165) is 23.9 Å². The van der Waals surface area contributed by atoms with Crippen LogP contribution in [0.2, 0.25) is 0 Å². The molecule has 1 aliphatic rings. The highest BCUT2D eigenvalue weighted by atomic mass is 19.4. The SMILES string of the molecule is O=C(N[C@@H]1c2ccccc2C[C@@H]1O)c1ncccc1C(F)(F)F. The van der Waals surface area contributed by atoms with Crippen molar-refractivity contribution in [3.63, 3.8) is 0 Å². The number of carbonyl (C=O) groups excluding carboxylic acids is 1. The van der Waals surface area contributed by atoms with Crippen molar-refractivity contribution >= 4 is 5.91 Å². The van der Waals surface area contributed by atoms with Gasteiger partial charge in [-0.1, -0.05) is 24.3 Å². The third-order valence-corrected chi connectivity index (χ3v) is 3.82. The van der Waals surface area contributed by atoms with Crippen LogP contribution in [-0.2, 0) is 12.6 Å². The fourth-order valence-electron chi connectivity index (χ4n) is 2.77. The van der Waals surface area contributed by atoms with E-state index in [2.05, 4.69) is 10.3 Å². The summed E-state index contributed by atoms with van der Waals surface area (Å²) in [6.45, 7) is 0. The molecule has 7 heteroatoms. The monoisotopic (exact) mass is 322 g/mol. The van der Waals surface area contributed by atoms with E-state index in [1.165, 1.54) is 0 Å². The average Bonchev–Trinajstić information content (AvgIpc) is 2.82. The average molecular weight is 322 g/mol. The summed E-state index contributed by atoms with van der Waals surface area (Å²) in [5.74, 6) is -0.960. The van der Waals surface area contributed by atoms with Crippen LogP contribution < -0.4 is 5.32 Å². The van der Waals surface area contributed by atoms with Crippen molar-refractivity contribution in [2.45, 2.75) is 24.7 Å². The lowest BCUT2D eigenvalue weighted by Gasteiger charge is -2.19. The van der Waals surface area contributed by atoms with Gasteiger partial charge in [-0.15, -0.1) is 0 Å². The van der Waals surface area contributed by atoms with Crippen molar-refractivity contribution < 1.29 is 23.1 Å². The lowest BCUT2D eigenvalue weighted by atomic mass is 10.1. The molecule has 1 heterocycles. The van der Waals surface area contributed by atoms with Gasteiger partial charge in [0.15, 0.2) is 0 Å². The summed E-state index contributed by atoms with van der Waals surface area (Å²) < 4.78 is 38.9. The molecule has 1 aromatic carbocycles. The lowest BCUT2D eigenvalue weighted by molar-refractivity contribution is -0.138. The van der Waals surface area contributed by atoms with Crippen LogP contribution >= 0.6 is 0 Å². The first-order valence-corrected chi connectivity index (χ1v) is 6.97. The highest BCUT2D eigenvalue weighted by molar-refractivity contribution is 5.94. The number of nitrogens with zero attached hydrogens (tertiary/aromatic N) is 1. The second-order valence-electron chi connectivity index (χ2n) is 5.32. The van der Waals surface area contributed by atoms with Gasteiger partial charge >= 0.3 is 6.18 Å². The number of amides is 1. The van der Waals surface area contributed by atoms with Crippen LogP contribution in [0.3, 0.4) is 0 Å². The van der Waals surface area contributed by atoms with Gasteiger partial charge in [-0.25, -0.2) is 0 Å². The molecule has 2 atom stereocenters. The van der Waals surface area contributed by atoms with Crippen LogP contribution in [0.25, 0.3) is 0 Å². The van der Waals surface area contributed by atoms with Crippen molar-refractivity contribution in [1.29, 1.82) is 0 Å². The fraction of sp³-hybridized carbons (Fsp3) is 0.250. The predicted molar refractivity (Wildman–Crippen MR) is 75.6 cm³/mol. The zero-order valence-corrected chi connectivity index (χ0v) is 11.8. The number of hydrogen-bond acceptors (Lipinski definition) is 3. The Morgan fingerprint density at radius 3 is 2.70 bits per heavy atom. The first kappa shape index (κ1) is 15.5. The Hall–Kier alpha value is -2.41. The molecule has 0 spiro atoms. The molecule has 0 aliphatic heterocycles. The van der Waals surface area contributed by atoms with Gasteiger partial charge in [0.1, 0.15) is 5.69 Å². The second kappa shape index (κ2) is 5.66. The molecule has 0 unspecified atom stereocenters. The van der Waals surface area contributed by atoms with Crippen LogP contribution in [0.4, 0.5) is 13.2 Å². The second-order valence-corrected chi connectivity index (χ2v) is 5.32. The maximum absolute atomic E-state index is 13.0. The first-order valence-electron chi connectivity index (χ1n) is 6.97. The molecule has 0 radical (unpaired) electrons. The highest BCUT2D eigenvalue weighted by Gasteiger charge is 2.38. The molecule has 1 amide bonds. The Balaban J connectivity index is 1.89. The molecule has 0 saturated carbocycles. The summed E-state index contributed by atoms with van der Waals surface area (Å²) in [7, 11) is 0.